The van der Waals surface area contributed by atoms with Crippen molar-refractivity contribution in [3.05, 3.63) is 17.7 Å². The Labute approximate surface area is 93.2 Å². The van der Waals surface area contributed by atoms with E-state index >= 15 is 0 Å². The van der Waals surface area contributed by atoms with Crippen LogP contribution in [0.15, 0.2) is 17.0 Å². The zero-order valence-corrected chi connectivity index (χ0v) is 10.1. The summed E-state index contributed by atoms with van der Waals surface area (Å²) in [6.45, 7) is 1.74. The smallest absolute Gasteiger partial charge is 0.265 e. The Bertz CT molecular complexity index is 467. The Morgan fingerprint density at radius 2 is 1.80 bits per heavy atom. The fourth-order valence-corrected chi connectivity index (χ4v) is 2.32. The van der Waals surface area contributed by atoms with Gasteiger partial charge in [0.1, 0.15) is 4.90 Å². The molecule has 15 heavy (non-hydrogen) atoms. The van der Waals surface area contributed by atoms with Gasteiger partial charge in [-0.25, -0.2) is 8.42 Å². The SMILES string of the molecule is COc1cc(C)cc(S(=O)(=O)Cl)c1OC. The van der Waals surface area contributed by atoms with Gasteiger partial charge in [-0.2, -0.15) is 0 Å². The molecule has 0 aliphatic heterocycles. The summed E-state index contributed by atoms with van der Waals surface area (Å²) < 4.78 is 32.5. The molecule has 0 bridgehead atoms. The van der Waals surface area contributed by atoms with Crippen molar-refractivity contribution in [1.82, 2.24) is 0 Å². The minimum Gasteiger partial charge on any atom is -0.493 e. The minimum atomic E-state index is -3.83. The quantitative estimate of drug-likeness (QED) is 0.770. The number of methoxy groups -OCH3 is 2. The second-order valence-electron chi connectivity index (χ2n) is 2.94. The first-order chi connectivity index (χ1) is 6.90. The van der Waals surface area contributed by atoms with E-state index in [1.54, 1.807) is 13.0 Å². The van der Waals surface area contributed by atoms with Gasteiger partial charge < -0.3 is 9.47 Å². The van der Waals surface area contributed by atoms with Crippen molar-refractivity contribution < 1.29 is 17.9 Å². The van der Waals surface area contributed by atoms with Crippen LogP contribution in [0, 0.1) is 6.92 Å². The van der Waals surface area contributed by atoms with Gasteiger partial charge in [0.05, 0.1) is 14.2 Å². The number of halogens is 1. The van der Waals surface area contributed by atoms with Crippen LogP contribution < -0.4 is 9.47 Å². The summed E-state index contributed by atoms with van der Waals surface area (Å²) in [5.74, 6) is 0.467. The maximum atomic E-state index is 11.3. The zero-order valence-electron chi connectivity index (χ0n) is 8.57. The van der Waals surface area contributed by atoms with Crippen molar-refractivity contribution in [1.29, 1.82) is 0 Å². The summed E-state index contributed by atoms with van der Waals surface area (Å²) in [7, 11) is 4.24. The Kier molecular flexibility index (Phi) is 3.46. The molecule has 0 radical (unpaired) electrons. The first-order valence-electron chi connectivity index (χ1n) is 4.07. The minimum absolute atomic E-state index is 0.0801. The monoisotopic (exact) mass is 250 g/mol. The van der Waals surface area contributed by atoms with Gasteiger partial charge in [-0.05, 0) is 24.6 Å². The van der Waals surface area contributed by atoms with Gasteiger partial charge in [0.2, 0.25) is 0 Å². The molecule has 0 aromatic heterocycles. The molecule has 0 fully saturated rings. The van der Waals surface area contributed by atoms with Gasteiger partial charge in [0.25, 0.3) is 9.05 Å². The predicted molar refractivity (Wildman–Crippen MR) is 57.3 cm³/mol. The van der Waals surface area contributed by atoms with Crippen LogP contribution in [0.3, 0.4) is 0 Å². The average molecular weight is 251 g/mol. The van der Waals surface area contributed by atoms with Gasteiger partial charge in [-0.3, -0.25) is 0 Å². The second kappa shape index (κ2) is 4.28. The molecule has 84 valence electrons. The lowest BCUT2D eigenvalue weighted by Gasteiger charge is -2.11. The van der Waals surface area contributed by atoms with E-state index in [0.717, 1.165) is 5.56 Å². The van der Waals surface area contributed by atoms with Crippen molar-refractivity contribution >= 4 is 19.7 Å². The summed E-state index contributed by atoms with van der Waals surface area (Å²) in [6.07, 6.45) is 0. The van der Waals surface area contributed by atoms with Gasteiger partial charge >= 0.3 is 0 Å². The van der Waals surface area contributed by atoms with E-state index in [0.29, 0.717) is 5.75 Å². The number of ether oxygens (including phenoxy) is 2. The molecule has 4 nitrogen and oxygen atoms in total. The summed E-state index contributed by atoms with van der Waals surface area (Å²) in [6, 6.07) is 3.11. The molecular weight excluding hydrogens is 240 g/mol. The molecule has 0 saturated carbocycles. The molecule has 1 rings (SSSR count). The van der Waals surface area contributed by atoms with Gasteiger partial charge in [0.15, 0.2) is 11.5 Å². The highest BCUT2D eigenvalue weighted by molar-refractivity contribution is 8.13. The standard InChI is InChI=1S/C9H11ClO4S/c1-6-4-7(13-2)9(14-3)8(5-6)15(10,11)12/h4-5H,1-3H3. The fraction of sp³-hybridized carbons (Fsp3) is 0.333. The molecule has 0 amide bonds. The van der Waals surface area contributed by atoms with Crippen molar-refractivity contribution in [2.75, 3.05) is 14.2 Å². The predicted octanol–water partition coefficient (Wildman–Crippen LogP) is 1.94. The van der Waals surface area contributed by atoms with E-state index in [1.807, 2.05) is 0 Å². The van der Waals surface area contributed by atoms with Crippen molar-refractivity contribution in [2.24, 2.45) is 0 Å². The Hall–Kier alpha value is -0.940. The lowest BCUT2D eigenvalue weighted by atomic mass is 10.2. The third-order valence-corrected chi connectivity index (χ3v) is 3.18. The molecule has 1 aromatic carbocycles. The van der Waals surface area contributed by atoms with Crippen LogP contribution >= 0.6 is 10.7 Å². The van der Waals surface area contributed by atoms with Crippen LogP contribution in [0.5, 0.6) is 11.5 Å². The van der Waals surface area contributed by atoms with Crippen LogP contribution in [-0.4, -0.2) is 22.6 Å². The fourth-order valence-electron chi connectivity index (χ4n) is 1.24. The second-order valence-corrected chi connectivity index (χ2v) is 5.47. The summed E-state index contributed by atoms with van der Waals surface area (Å²) in [5, 5.41) is 0. The van der Waals surface area contributed by atoms with E-state index in [2.05, 4.69) is 0 Å². The highest BCUT2D eigenvalue weighted by atomic mass is 35.7. The largest absolute Gasteiger partial charge is 0.493 e. The van der Waals surface area contributed by atoms with Crippen LogP contribution in [-0.2, 0) is 9.05 Å². The van der Waals surface area contributed by atoms with Crippen LogP contribution in [0.25, 0.3) is 0 Å². The highest BCUT2D eigenvalue weighted by Gasteiger charge is 2.20. The Morgan fingerprint density at radius 1 is 1.20 bits per heavy atom. The first kappa shape index (κ1) is 12.1. The van der Waals surface area contributed by atoms with Gasteiger partial charge in [-0.1, -0.05) is 0 Å². The highest BCUT2D eigenvalue weighted by Crippen LogP contribution is 2.36. The third kappa shape index (κ3) is 2.54. The van der Waals surface area contributed by atoms with Crippen LogP contribution in [0.4, 0.5) is 0 Å². The first-order valence-corrected chi connectivity index (χ1v) is 6.38. The van der Waals surface area contributed by atoms with Crippen LogP contribution in [0.2, 0.25) is 0 Å². The number of benzene rings is 1. The lowest BCUT2D eigenvalue weighted by Crippen LogP contribution is -1.99. The molecule has 0 unspecified atom stereocenters. The zero-order chi connectivity index (χ0) is 11.6. The Morgan fingerprint density at radius 3 is 2.20 bits per heavy atom. The molecule has 0 aliphatic rings. The maximum absolute atomic E-state index is 11.3. The third-order valence-electron chi connectivity index (χ3n) is 1.85. The normalized spacial score (nSPS) is 11.2. The van der Waals surface area contributed by atoms with Gasteiger partial charge in [-0.15, -0.1) is 0 Å². The Balaban J connectivity index is 3.57. The number of hydrogen-bond acceptors (Lipinski definition) is 4. The maximum Gasteiger partial charge on any atom is 0.265 e. The van der Waals surface area contributed by atoms with Crippen LogP contribution in [0.1, 0.15) is 5.56 Å². The lowest BCUT2D eigenvalue weighted by molar-refractivity contribution is 0.346. The summed E-state index contributed by atoms with van der Waals surface area (Å²) in [4.78, 5) is -0.0801. The molecule has 1 aromatic rings. The van der Waals surface area contributed by atoms with Crippen molar-refractivity contribution in [2.45, 2.75) is 11.8 Å². The van der Waals surface area contributed by atoms with E-state index in [-0.39, 0.29) is 10.6 Å². The molecular formula is C9H11ClO4S. The summed E-state index contributed by atoms with van der Waals surface area (Å²) >= 11 is 0. The molecule has 0 aliphatic carbocycles. The molecule has 0 saturated heterocycles. The van der Waals surface area contributed by atoms with E-state index in [9.17, 15) is 8.42 Å². The number of rotatable bonds is 3. The molecule has 0 atom stereocenters. The van der Waals surface area contributed by atoms with Crippen molar-refractivity contribution in [3.63, 3.8) is 0 Å². The molecule has 0 heterocycles. The summed E-state index contributed by atoms with van der Waals surface area (Å²) in [5.41, 5.74) is 0.729. The number of aryl methyl sites for hydroxylation is 1. The molecule has 0 spiro atoms. The average Bonchev–Trinajstić information content (AvgIpc) is 2.15. The topological polar surface area (TPSA) is 52.6 Å². The van der Waals surface area contributed by atoms with E-state index in [4.69, 9.17) is 20.2 Å². The van der Waals surface area contributed by atoms with E-state index in [1.165, 1.54) is 20.3 Å². The van der Waals surface area contributed by atoms with E-state index < -0.39 is 9.05 Å². The molecule has 6 heteroatoms. The number of hydrogen-bond donors (Lipinski definition) is 0. The van der Waals surface area contributed by atoms with Gasteiger partial charge in [0, 0.05) is 10.7 Å². The van der Waals surface area contributed by atoms with Crippen molar-refractivity contribution in [3.8, 4) is 11.5 Å². The molecule has 0 N–H and O–H groups in total.